The Morgan fingerprint density at radius 3 is 2.57 bits per heavy atom. The zero-order valence-corrected chi connectivity index (χ0v) is 8.57. The fourth-order valence-corrected chi connectivity index (χ4v) is 1.61. The second-order valence-corrected chi connectivity index (χ2v) is 3.51. The summed E-state index contributed by atoms with van der Waals surface area (Å²) in [5.41, 5.74) is 0.871. The Bertz CT molecular complexity index is 307. The molecule has 0 radical (unpaired) electrons. The van der Waals surface area contributed by atoms with Gasteiger partial charge in [-0.2, -0.15) is 0 Å². The fraction of sp³-hybridized carbons (Fsp3) is 0.308. The van der Waals surface area contributed by atoms with Gasteiger partial charge in [-0.1, -0.05) is 30.4 Å². The summed E-state index contributed by atoms with van der Waals surface area (Å²) in [7, 11) is 0. The van der Waals surface area contributed by atoms with Crippen LogP contribution in [-0.2, 0) is 4.79 Å². The number of allylic oxidation sites excluding steroid dienone is 6. The van der Waals surface area contributed by atoms with Crippen molar-refractivity contribution in [3.8, 4) is 0 Å². The van der Waals surface area contributed by atoms with E-state index < -0.39 is 0 Å². The average molecular weight is 188 g/mol. The van der Waals surface area contributed by atoms with E-state index in [4.69, 9.17) is 0 Å². The molecular weight excluding hydrogens is 172 g/mol. The molecule has 0 saturated heterocycles. The Morgan fingerprint density at radius 2 is 2.07 bits per heavy atom. The minimum Gasteiger partial charge on any atom is -0.295 e. The molecule has 1 aliphatic carbocycles. The summed E-state index contributed by atoms with van der Waals surface area (Å²) in [5, 5.41) is 0. The second-order valence-electron chi connectivity index (χ2n) is 3.51. The molecule has 1 unspecified atom stereocenters. The topological polar surface area (TPSA) is 17.1 Å². The molecule has 0 bridgehead atoms. The van der Waals surface area contributed by atoms with Gasteiger partial charge in [-0.05, 0) is 18.9 Å². The van der Waals surface area contributed by atoms with Gasteiger partial charge in [0.25, 0.3) is 0 Å². The van der Waals surface area contributed by atoms with Gasteiger partial charge in [-0.15, -0.1) is 13.2 Å². The number of Topliss-reactive ketones (excluding diaryl/α,β-unsaturated/α-hetero) is 1. The summed E-state index contributed by atoms with van der Waals surface area (Å²) in [4.78, 5) is 11.2. The van der Waals surface area contributed by atoms with Crippen molar-refractivity contribution in [2.75, 3.05) is 0 Å². The molecule has 0 aliphatic heterocycles. The first-order valence-corrected chi connectivity index (χ1v) is 4.82. The van der Waals surface area contributed by atoms with Crippen molar-refractivity contribution in [3.05, 3.63) is 49.1 Å². The lowest BCUT2D eigenvalue weighted by Crippen LogP contribution is -2.05. The van der Waals surface area contributed by atoms with E-state index in [0.29, 0.717) is 0 Å². The molecule has 0 fully saturated rings. The molecule has 1 rings (SSSR count). The van der Waals surface area contributed by atoms with Gasteiger partial charge in [-0.3, -0.25) is 4.79 Å². The third-order valence-electron chi connectivity index (χ3n) is 2.53. The van der Waals surface area contributed by atoms with Crippen molar-refractivity contribution in [1.29, 1.82) is 0 Å². The highest BCUT2D eigenvalue weighted by Crippen LogP contribution is 2.24. The number of carbonyl (C=O) groups is 1. The maximum absolute atomic E-state index is 11.2. The van der Waals surface area contributed by atoms with Crippen LogP contribution < -0.4 is 0 Å². The fourth-order valence-electron chi connectivity index (χ4n) is 1.61. The van der Waals surface area contributed by atoms with Gasteiger partial charge in [0, 0.05) is 11.8 Å². The molecule has 1 nitrogen and oxygen atoms in total. The van der Waals surface area contributed by atoms with Crippen molar-refractivity contribution in [2.45, 2.75) is 13.3 Å². The molecule has 0 spiro atoms. The molecule has 0 aromatic carbocycles. The summed E-state index contributed by atoms with van der Waals surface area (Å²) in [6.07, 6.45) is 10.6. The van der Waals surface area contributed by atoms with E-state index >= 15 is 0 Å². The summed E-state index contributed by atoms with van der Waals surface area (Å²) in [5.74, 6) is 0.612. The molecule has 0 saturated carbocycles. The molecule has 0 amide bonds. The van der Waals surface area contributed by atoms with Crippen molar-refractivity contribution in [1.82, 2.24) is 0 Å². The maximum Gasteiger partial charge on any atom is 0.155 e. The summed E-state index contributed by atoms with van der Waals surface area (Å²) in [6, 6.07) is 0. The van der Waals surface area contributed by atoms with Crippen molar-refractivity contribution in [2.24, 2.45) is 11.8 Å². The minimum absolute atomic E-state index is 0.145. The van der Waals surface area contributed by atoms with E-state index in [1.54, 1.807) is 6.92 Å². The third-order valence-corrected chi connectivity index (χ3v) is 2.53. The zero-order chi connectivity index (χ0) is 10.6. The number of rotatable bonds is 3. The van der Waals surface area contributed by atoms with Crippen LogP contribution >= 0.6 is 0 Å². The first kappa shape index (κ1) is 10.7. The highest BCUT2D eigenvalue weighted by Gasteiger charge is 2.15. The molecular formula is C13H16O. The van der Waals surface area contributed by atoms with Crippen molar-refractivity contribution >= 4 is 5.78 Å². The normalized spacial score (nSPS) is 26.2. The molecule has 0 N–H and O–H groups in total. The Labute approximate surface area is 85.5 Å². The summed E-state index contributed by atoms with van der Waals surface area (Å²) >= 11 is 0. The van der Waals surface area contributed by atoms with Gasteiger partial charge in [-0.25, -0.2) is 0 Å². The van der Waals surface area contributed by atoms with Gasteiger partial charge in [0.2, 0.25) is 0 Å². The lowest BCUT2D eigenvalue weighted by atomic mass is 9.91. The predicted octanol–water partition coefficient (Wildman–Crippen LogP) is 3.07. The first-order valence-electron chi connectivity index (χ1n) is 4.82. The minimum atomic E-state index is 0.145. The van der Waals surface area contributed by atoms with Gasteiger partial charge in [0.15, 0.2) is 5.78 Å². The van der Waals surface area contributed by atoms with E-state index in [1.807, 2.05) is 24.3 Å². The Hall–Kier alpha value is -1.37. The van der Waals surface area contributed by atoms with Crippen molar-refractivity contribution in [3.63, 3.8) is 0 Å². The van der Waals surface area contributed by atoms with Crippen LogP contribution in [0.15, 0.2) is 49.1 Å². The van der Waals surface area contributed by atoms with E-state index in [0.717, 1.165) is 12.0 Å². The van der Waals surface area contributed by atoms with E-state index in [9.17, 15) is 4.79 Å². The van der Waals surface area contributed by atoms with Crippen LogP contribution in [0.5, 0.6) is 0 Å². The Balaban J connectivity index is 2.99. The number of ketones is 1. The lowest BCUT2D eigenvalue weighted by molar-refractivity contribution is -0.113. The molecule has 0 aromatic rings. The van der Waals surface area contributed by atoms with Crippen LogP contribution in [0.4, 0.5) is 0 Å². The number of hydrogen-bond acceptors (Lipinski definition) is 1. The molecule has 1 aliphatic rings. The van der Waals surface area contributed by atoms with Gasteiger partial charge in [0.05, 0.1) is 0 Å². The predicted molar refractivity (Wildman–Crippen MR) is 59.9 cm³/mol. The highest BCUT2D eigenvalue weighted by molar-refractivity contribution is 5.93. The molecule has 14 heavy (non-hydrogen) atoms. The third kappa shape index (κ3) is 2.32. The lowest BCUT2D eigenvalue weighted by Gasteiger charge is -2.13. The van der Waals surface area contributed by atoms with Crippen LogP contribution in [0.3, 0.4) is 0 Å². The van der Waals surface area contributed by atoms with E-state index in [-0.39, 0.29) is 17.6 Å². The van der Waals surface area contributed by atoms with Crippen LogP contribution in [0.25, 0.3) is 0 Å². The van der Waals surface area contributed by atoms with Crippen LogP contribution in [0.1, 0.15) is 13.3 Å². The molecule has 0 heterocycles. The maximum atomic E-state index is 11.2. The average Bonchev–Trinajstić information content (AvgIpc) is 2.38. The van der Waals surface area contributed by atoms with E-state index in [2.05, 4.69) is 19.2 Å². The summed E-state index contributed by atoms with van der Waals surface area (Å²) in [6.45, 7) is 9.17. The highest BCUT2D eigenvalue weighted by atomic mass is 16.1. The summed E-state index contributed by atoms with van der Waals surface area (Å²) < 4.78 is 0. The zero-order valence-electron chi connectivity index (χ0n) is 8.57. The monoisotopic (exact) mass is 188 g/mol. The Morgan fingerprint density at radius 1 is 1.43 bits per heavy atom. The van der Waals surface area contributed by atoms with Crippen LogP contribution in [-0.4, -0.2) is 5.78 Å². The smallest absolute Gasteiger partial charge is 0.155 e. The number of carbonyl (C=O) groups excluding carboxylic acids is 1. The van der Waals surface area contributed by atoms with Crippen molar-refractivity contribution < 1.29 is 4.79 Å². The number of hydrogen-bond donors (Lipinski definition) is 0. The van der Waals surface area contributed by atoms with Gasteiger partial charge >= 0.3 is 0 Å². The SMILES string of the molecule is C=CC1C=C(C(C)=O)CC=C[C@@H]1C=C. The Kier molecular flexibility index (Phi) is 3.63. The van der Waals surface area contributed by atoms with E-state index in [1.165, 1.54) is 0 Å². The van der Waals surface area contributed by atoms with Gasteiger partial charge < -0.3 is 0 Å². The van der Waals surface area contributed by atoms with Crippen LogP contribution in [0, 0.1) is 11.8 Å². The second kappa shape index (κ2) is 4.75. The quantitative estimate of drug-likeness (QED) is 0.622. The molecule has 2 atom stereocenters. The molecule has 74 valence electrons. The standard InChI is InChI=1S/C13H16O/c1-4-11-7-6-8-13(10(3)14)9-12(11)5-2/h4-7,9,11-12H,1-2,8H2,3H3/t11-,12?/m0/s1. The first-order chi connectivity index (χ1) is 6.69. The molecule has 0 aromatic heterocycles. The largest absolute Gasteiger partial charge is 0.295 e. The van der Waals surface area contributed by atoms with Crippen LogP contribution in [0.2, 0.25) is 0 Å². The molecule has 1 heteroatoms. The van der Waals surface area contributed by atoms with Gasteiger partial charge in [0.1, 0.15) is 0 Å².